The van der Waals surface area contributed by atoms with Crippen LogP contribution in [-0.4, -0.2) is 31.1 Å². The Bertz CT molecular complexity index is 162. The zero-order valence-corrected chi connectivity index (χ0v) is 9.24. The molecule has 0 atom stereocenters. The lowest BCUT2D eigenvalue weighted by atomic mass is 9.96. The van der Waals surface area contributed by atoms with Crippen molar-refractivity contribution < 1.29 is 9.53 Å². The second kappa shape index (κ2) is 6.23. The first kappa shape index (κ1) is 12.7. The average molecular weight is 206 g/mol. The number of hydrogen-bond donors (Lipinski definition) is 2. The number of carbonyl (C=O) groups is 1. The van der Waals surface area contributed by atoms with Gasteiger partial charge in [0.1, 0.15) is 0 Å². The van der Waals surface area contributed by atoms with Crippen LogP contribution in [0, 0.1) is 5.41 Å². The molecule has 0 radical (unpaired) electrons. The zero-order valence-electron chi connectivity index (χ0n) is 8.42. The highest BCUT2D eigenvalue weighted by Gasteiger charge is 2.26. The SMILES string of the molecule is COCCSCC(C)(C)C(=O)NN. The van der Waals surface area contributed by atoms with E-state index in [1.54, 1.807) is 18.9 Å². The van der Waals surface area contributed by atoms with Crippen molar-refractivity contribution in [3.8, 4) is 0 Å². The van der Waals surface area contributed by atoms with Gasteiger partial charge in [0.15, 0.2) is 0 Å². The van der Waals surface area contributed by atoms with Gasteiger partial charge in [0, 0.05) is 18.6 Å². The number of rotatable bonds is 6. The summed E-state index contributed by atoms with van der Waals surface area (Å²) in [5.74, 6) is 6.58. The van der Waals surface area contributed by atoms with Crippen molar-refractivity contribution in [2.45, 2.75) is 13.8 Å². The lowest BCUT2D eigenvalue weighted by molar-refractivity contribution is -0.128. The van der Waals surface area contributed by atoms with Crippen LogP contribution in [0.2, 0.25) is 0 Å². The van der Waals surface area contributed by atoms with Crippen LogP contribution < -0.4 is 11.3 Å². The maximum atomic E-state index is 11.2. The van der Waals surface area contributed by atoms with Gasteiger partial charge >= 0.3 is 0 Å². The maximum Gasteiger partial charge on any atom is 0.240 e. The minimum absolute atomic E-state index is 0.127. The summed E-state index contributed by atoms with van der Waals surface area (Å²) in [7, 11) is 1.66. The molecule has 0 bridgehead atoms. The molecule has 4 nitrogen and oxygen atoms in total. The fourth-order valence-electron chi connectivity index (χ4n) is 0.730. The zero-order chi connectivity index (χ0) is 10.3. The van der Waals surface area contributed by atoms with E-state index in [0.29, 0.717) is 6.61 Å². The maximum absolute atomic E-state index is 11.2. The molecule has 13 heavy (non-hydrogen) atoms. The van der Waals surface area contributed by atoms with Crippen molar-refractivity contribution in [3.05, 3.63) is 0 Å². The molecule has 0 aromatic rings. The average Bonchev–Trinajstić information content (AvgIpc) is 2.11. The van der Waals surface area contributed by atoms with Crippen LogP contribution in [0.3, 0.4) is 0 Å². The highest BCUT2D eigenvalue weighted by molar-refractivity contribution is 7.99. The largest absolute Gasteiger partial charge is 0.384 e. The molecule has 5 heteroatoms. The molecule has 3 N–H and O–H groups in total. The van der Waals surface area contributed by atoms with Gasteiger partial charge in [-0.15, -0.1) is 0 Å². The Morgan fingerprint density at radius 2 is 2.23 bits per heavy atom. The second-order valence-electron chi connectivity index (χ2n) is 3.40. The van der Waals surface area contributed by atoms with E-state index in [1.807, 2.05) is 13.8 Å². The third-order valence-electron chi connectivity index (χ3n) is 1.64. The fourth-order valence-corrected chi connectivity index (χ4v) is 1.80. The summed E-state index contributed by atoms with van der Waals surface area (Å²) in [5, 5.41) is 0. The summed E-state index contributed by atoms with van der Waals surface area (Å²) >= 11 is 1.69. The Balaban J connectivity index is 3.69. The first-order valence-corrected chi connectivity index (χ1v) is 5.28. The van der Waals surface area contributed by atoms with Crippen molar-refractivity contribution in [3.63, 3.8) is 0 Å². The Morgan fingerprint density at radius 1 is 1.62 bits per heavy atom. The second-order valence-corrected chi connectivity index (χ2v) is 4.51. The van der Waals surface area contributed by atoms with Gasteiger partial charge in [-0.3, -0.25) is 10.2 Å². The number of hydrogen-bond acceptors (Lipinski definition) is 4. The van der Waals surface area contributed by atoms with Crippen LogP contribution in [-0.2, 0) is 9.53 Å². The highest BCUT2D eigenvalue weighted by atomic mass is 32.2. The normalized spacial score (nSPS) is 11.4. The van der Waals surface area contributed by atoms with Crippen molar-refractivity contribution in [2.75, 3.05) is 25.2 Å². The van der Waals surface area contributed by atoms with Crippen molar-refractivity contribution in [1.82, 2.24) is 5.43 Å². The Morgan fingerprint density at radius 3 is 2.69 bits per heavy atom. The molecule has 0 aliphatic carbocycles. The van der Waals surface area contributed by atoms with Crippen LogP contribution in [0.15, 0.2) is 0 Å². The molecule has 0 heterocycles. The van der Waals surface area contributed by atoms with Crippen LogP contribution in [0.1, 0.15) is 13.8 Å². The Hall–Kier alpha value is -0.260. The van der Waals surface area contributed by atoms with E-state index in [1.165, 1.54) is 0 Å². The van der Waals surface area contributed by atoms with Crippen LogP contribution in [0.4, 0.5) is 0 Å². The summed E-state index contributed by atoms with van der Waals surface area (Å²) in [6.07, 6.45) is 0. The lowest BCUT2D eigenvalue weighted by Crippen LogP contribution is -2.42. The molecule has 0 rings (SSSR count). The molecule has 0 fully saturated rings. The van der Waals surface area contributed by atoms with Gasteiger partial charge < -0.3 is 4.74 Å². The minimum atomic E-state index is -0.410. The number of hydrazine groups is 1. The van der Waals surface area contributed by atoms with Crippen molar-refractivity contribution in [1.29, 1.82) is 0 Å². The molecule has 0 spiro atoms. The summed E-state index contributed by atoms with van der Waals surface area (Å²) in [6, 6.07) is 0. The van der Waals surface area contributed by atoms with E-state index >= 15 is 0 Å². The Kier molecular flexibility index (Phi) is 6.11. The van der Waals surface area contributed by atoms with E-state index in [2.05, 4.69) is 5.43 Å². The smallest absolute Gasteiger partial charge is 0.240 e. The molecule has 0 saturated carbocycles. The van der Waals surface area contributed by atoms with E-state index < -0.39 is 5.41 Å². The first-order valence-electron chi connectivity index (χ1n) is 4.12. The number of carbonyl (C=O) groups excluding carboxylic acids is 1. The van der Waals surface area contributed by atoms with E-state index in [0.717, 1.165) is 11.5 Å². The number of nitrogens with two attached hydrogens (primary N) is 1. The van der Waals surface area contributed by atoms with Crippen molar-refractivity contribution >= 4 is 17.7 Å². The summed E-state index contributed by atoms with van der Waals surface area (Å²) in [5.41, 5.74) is 1.75. The molecule has 1 amide bonds. The van der Waals surface area contributed by atoms with E-state index in [9.17, 15) is 4.79 Å². The number of ether oxygens (including phenoxy) is 1. The molecule has 0 unspecified atom stereocenters. The van der Waals surface area contributed by atoms with Gasteiger partial charge in [-0.1, -0.05) is 13.8 Å². The summed E-state index contributed by atoms with van der Waals surface area (Å²) in [4.78, 5) is 11.2. The monoisotopic (exact) mass is 206 g/mol. The third kappa shape index (κ3) is 5.13. The van der Waals surface area contributed by atoms with Crippen LogP contribution >= 0.6 is 11.8 Å². The lowest BCUT2D eigenvalue weighted by Gasteiger charge is -2.21. The Labute approximate surface area is 83.6 Å². The molecular formula is C8H18N2O2S. The third-order valence-corrected chi connectivity index (χ3v) is 3.02. The van der Waals surface area contributed by atoms with Gasteiger partial charge in [0.05, 0.1) is 12.0 Å². The van der Waals surface area contributed by atoms with Gasteiger partial charge in [-0.25, -0.2) is 5.84 Å². The van der Waals surface area contributed by atoms with Gasteiger partial charge in [0.25, 0.3) is 0 Å². The predicted octanol–water partition coefficient (Wildman–Crippen LogP) is 0.382. The van der Waals surface area contributed by atoms with Gasteiger partial charge in [0.2, 0.25) is 5.91 Å². The van der Waals surface area contributed by atoms with Crippen molar-refractivity contribution in [2.24, 2.45) is 11.3 Å². The number of thioether (sulfide) groups is 1. The molecule has 0 aliphatic rings. The number of amides is 1. The number of methoxy groups -OCH3 is 1. The molecule has 0 aromatic carbocycles. The van der Waals surface area contributed by atoms with Crippen LogP contribution in [0.25, 0.3) is 0 Å². The highest BCUT2D eigenvalue weighted by Crippen LogP contribution is 2.21. The van der Waals surface area contributed by atoms with Gasteiger partial charge in [-0.05, 0) is 0 Å². The molecule has 0 saturated heterocycles. The summed E-state index contributed by atoms with van der Waals surface area (Å²) in [6.45, 7) is 4.45. The molecule has 0 aliphatic heterocycles. The minimum Gasteiger partial charge on any atom is -0.384 e. The molecular weight excluding hydrogens is 188 g/mol. The fraction of sp³-hybridized carbons (Fsp3) is 0.875. The summed E-state index contributed by atoms with van der Waals surface area (Å²) < 4.78 is 4.90. The van der Waals surface area contributed by atoms with E-state index in [4.69, 9.17) is 10.6 Å². The standard InChI is InChI=1S/C8H18N2O2S/c1-8(2,7(11)10-9)6-13-5-4-12-3/h4-6,9H2,1-3H3,(H,10,11). The quantitative estimate of drug-likeness (QED) is 0.285. The topological polar surface area (TPSA) is 64.3 Å². The predicted molar refractivity (Wildman–Crippen MR) is 55.3 cm³/mol. The molecule has 78 valence electrons. The first-order chi connectivity index (χ1) is 6.04. The van der Waals surface area contributed by atoms with Crippen LogP contribution in [0.5, 0.6) is 0 Å². The van der Waals surface area contributed by atoms with Gasteiger partial charge in [-0.2, -0.15) is 11.8 Å². The van der Waals surface area contributed by atoms with E-state index in [-0.39, 0.29) is 5.91 Å². The number of nitrogens with one attached hydrogen (secondary N) is 1. The molecule has 0 aromatic heterocycles.